The van der Waals surface area contributed by atoms with Crippen molar-refractivity contribution in [3.63, 3.8) is 0 Å². The highest BCUT2D eigenvalue weighted by Gasteiger charge is 2.09. The van der Waals surface area contributed by atoms with E-state index in [1.807, 2.05) is 55.5 Å². The Balaban J connectivity index is 2.03. The molecule has 3 heteroatoms. The first-order valence-corrected chi connectivity index (χ1v) is 7.11. The lowest BCUT2D eigenvalue weighted by Crippen LogP contribution is -2.02. The highest BCUT2D eigenvalue weighted by atomic mass is 16.3. The second-order valence-electron chi connectivity index (χ2n) is 5.36. The first-order valence-electron chi connectivity index (χ1n) is 7.11. The van der Waals surface area contributed by atoms with E-state index in [0.29, 0.717) is 21.9 Å². The molecule has 2 heterocycles. The third-order valence-corrected chi connectivity index (χ3v) is 3.79. The number of para-hydroxylation sites is 1. The van der Waals surface area contributed by atoms with Crippen LogP contribution in [0.2, 0.25) is 0 Å². The SMILES string of the molecule is Cc1ccnc(-c2ccc3oc4ccccc4c(=O)c3c2)c1. The molecule has 0 unspecified atom stereocenters. The number of fused-ring (bicyclic) bond motifs is 2. The molecule has 0 aliphatic heterocycles. The molecule has 4 rings (SSSR count). The lowest BCUT2D eigenvalue weighted by Gasteiger charge is -2.05. The Hall–Kier alpha value is -2.94. The van der Waals surface area contributed by atoms with Gasteiger partial charge in [0.05, 0.1) is 16.5 Å². The van der Waals surface area contributed by atoms with Crippen molar-refractivity contribution in [2.24, 2.45) is 0 Å². The fraction of sp³-hybridized carbons (Fsp3) is 0.0526. The number of aryl methyl sites for hydroxylation is 1. The largest absolute Gasteiger partial charge is 0.456 e. The molecule has 0 aliphatic carbocycles. The molecule has 106 valence electrons. The van der Waals surface area contributed by atoms with Crippen molar-refractivity contribution in [1.29, 1.82) is 0 Å². The second kappa shape index (κ2) is 4.81. The van der Waals surface area contributed by atoms with Crippen molar-refractivity contribution in [3.05, 3.63) is 76.6 Å². The van der Waals surface area contributed by atoms with Crippen LogP contribution in [0.15, 0.2) is 70.0 Å². The summed E-state index contributed by atoms with van der Waals surface area (Å²) in [6.45, 7) is 2.02. The van der Waals surface area contributed by atoms with Crippen LogP contribution in [0.5, 0.6) is 0 Å². The summed E-state index contributed by atoms with van der Waals surface area (Å²) >= 11 is 0. The van der Waals surface area contributed by atoms with Gasteiger partial charge < -0.3 is 4.42 Å². The van der Waals surface area contributed by atoms with Gasteiger partial charge in [-0.25, -0.2) is 0 Å². The zero-order valence-electron chi connectivity index (χ0n) is 12.0. The van der Waals surface area contributed by atoms with Gasteiger partial charge in [-0.05, 0) is 55.0 Å². The van der Waals surface area contributed by atoms with E-state index in [9.17, 15) is 4.79 Å². The van der Waals surface area contributed by atoms with Crippen molar-refractivity contribution in [1.82, 2.24) is 4.98 Å². The topological polar surface area (TPSA) is 43.1 Å². The van der Waals surface area contributed by atoms with Crippen LogP contribution < -0.4 is 5.43 Å². The summed E-state index contributed by atoms with van der Waals surface area (Å²) in [4.78, 5) is 17.0. The minimum Gasteiger partial charge on any atom is -0.456 e. The maximum atomic E-state index is 12.7. The number of aromatic nitrogens is 1. The van der Waals surface area contributed by atoms with Gasteiger partial charge in [0.1, 0.15) is 11.2 Å². The minimum absolute atomic E-state index is 0.00801. The van der Waals surface area contributed by atoms with Crippen LogP contribution in [-0.4, -0.2) is 4.98 Å². The van der Waals surface area contributed by atoms with Gasteiger partial charge >= 0.3 is 0 Å². The Morgan fingerprint density at radius 1 is 0.909 bits per heavy atom. The lowest BCUT2D eigenvalue weighted by molar-refractivity contribution is 0.660. The van der Waals surface area contributed by atoms with Crippen LogP contribution in [-0.2, 0) is 0 Å². The maximum absolute atomic E-state index is 12.7. The van der Waals surface area contributed by atoms with E-state index in [1.165, 1.54) is 0 Å². The summed E-state index contributed by atoms with van der Waals surface area (Å²) in [5.41, 5.74) is 4.11. The van der Waals surface area contributed by atoms with Crippen LogP contribution in [0.3, 0.4) is 0 Å². The van der Waals surface area contributed by atoms with Gasteiger partial charge in [-0.2, -0.15) is 0 Å². The summed E-state index contributed by atoms with van der Waals surface area (Å²) in [5.74, 6) is 0. The Morgan fingerprint density at radius 2 is 1.73 bits per heavy atom. The van der Waals surface area contributed by atoms with E-state index >= 15 is 0 Å². The highest BCUT2D eigenvalue weighted by molar-refractivity contribution is 5.91. The molecule has 4 aromatic rings. The average molecular weight is 287 g/mol. The molecule has 0 aliphatic rings. The molecule has 0 atom stereocenters. The Labute approximate surface area is 126 Å². The fourth-order valence-electron chi connectivity index (χ4n) is 2.66. The van der Waals surface area contributed by atoms with Crippen molar-refractivity contribution >= 4 is 21.9 Å². The maximum Gasteiger partial charge on any atom is 0.200 e. The molecular weight excluding hydrogens is 274 g/mol. The minimum atomic E-state index is -0.00801. The van der Waals surface area contributed by atoms with Crippen molar-refractivity contribution in [2.75, 3.05) is 0 Å². The second-order valence-corrected chi connectivity index (χ2v) is 5.36. The van der Waals surface area contributed by atoms with Gasteiger partial charge in [0.25, 0.3) is 0 Å². The predicted molar refractivity (Wildman–Crippen MR) is 88.0 cm³/mol. The van der Waals surface area contributed by atoms with Gasteiger partial charge in [0.15, 0.2) is 0 Å². The molecule has 0 fully saturated rings. The number of pyridine rings is 1. The summed E-state index contributed by atoms with van der Waals surface area (Å²) in [6, 6.07) is 16.9. The zero-order chi connectivity index (χ0) is 15.1. The number of hydrogen-bond acceptors (Lipinski definition) is 3. The van der Waals surface area contributed by atoms with Crippen molar-refractivity contribution < 1.29 is 4.42 Å². The molecular formula is C19H13NO2. The quantitative estimate of drug-likeness (QED) is 0.490. The van der Waals surface area contributed by atoms with Gasteiger partial charge in [-0.15, -0.1) is 0 Å². The molecule has 0 N–H and O–H groups in total. The molecule has 0 spiro atoms. The van der Waals surface area contributed by atoms with Crippen LogP contribution in [0.4, 0.5) is 0 Å². The predicted octanol–water partition coefficient (Wildman–Crippen LogP) is 4.32. The fourth-order valence-corrected chi connectivity index (χ4v) is 2.66. The highest BCUT2D eigenvalue weighted by Crippen LogP contribution is 2.24. The Morgan fingerprint density at radius 3 is 2.59 bits per heavy atom. The smallest absolute Gasteiger partial charge is 0.200 e. The number of rotatable bonds is 1. The molecule has 0 amide bonds. The molecule has 22 heavy (non-hydrogen) atoms. The van der Waals surface area contributed by atoms with Crippen molar-refractivity contribution in [2.45, 2.75) is 6.92 Å². The third-order valence-electron chi connectivity index (χ3n) is 3.79. The van der Waals surface area contributed by atoms with E-state index in [4.69, 9.17) is 4.42 Å². The van der Waals surface area contributed by atoms with E-state index in [-0.39, 0.29) is 5.43 Å². The zero-order valence-corrected chi connectivity index (χ0v) is 12.0. The molecule has 0 radical (unpaired) electrons. The Bertz CT molecular complexity index is 1060. The van der Waals surface area contributed by atoms with Crippen LogP contribution in [0.25, 0.3) is 33.2 Å². The first kappa shape index (κ1) is 12.8. The molecule has 3 nitrogen and oxygen atoms in total. The van der Waals surface area contributed by atoms with Gasteiger partial charge in [0, 0.05) is 11.8 Å². The molecule has 2 aromatic carbocycles. The van der Waals surface area contributed by atoms with E-state index in [0.717, 1.165) is 16.8 Å². The summed E-state index contributed by atoms with van der Waals surface area (Å²) in [7, 11) is 0. The third kappa shape index (κ3) is 1.99. The number of nitrogens with zero attached hydrogens (tertiary/aromatic N) is 1. The van der Waals surface area contributed by atoms with E-state index < -0.39 is 0 Å². The molecule has 2 aromatic heterocycles. The van der Waals surface area contributed by atoms with E-state index in [1.54, 1.807) is 12.3 Å². The van der Waals surface area contributed by atoms with Crippen molar-refractivity contribution in [3.8, 4) is 11.3 Å². The van der Waals surface area contributed by atoms with E-state index in [2.05, 4.69) is 4.98 Å². The molecule has 0 saturated carbocycles. The summed E-state index contributed by atoms with van der Waals surface area (Å²) < 4.78 is 5.82. The molecule has 0 bridgehead atoms. The summed E-state index contributed by atoms with van der Waals surface area (Å²) in [6.07, 6.45) is 1.78. The summed E-state index contributed by atoms with van der Waals surface area (Å²) in [5, 5.41) is 1.18. The first-order chi connectivity index (χ1) is 10.7. The van der Waals surface area contributed by atoms with Crippen LogP contribution in [0, 0.1) is 6.92 Å². The number of hydrogen-bond donors (Lipinski definition) is 0. The van der Waals surface area contributed by atoms with Gasteiger partial charge in [0.2, 0.25) is 5.43 Å². The van der Waals surface area contributed by atoms with Crippen LogP contribution >= 0.6 is 0 Å². The Kier molecular flexibility index (Phi) is 2.79. The number of benzene rings is 2. The standard InChI is InChI=1S/C19H13NO2/c1-12-8-9-20-16(10-12)13-6-7-18-15(11-13)19(21)14-4-2-3-5-17(14)22-18/h2-11H,1H3. The van der Waals surface area contributed by atoms with Gasteiger partial charge in [-0.3, -0.25) is 9.78 Å². The molecule has 0 saturated heterocycles. The van der Waals surface area contributed by atoms with Gasteiger partial charge in [-0.1, -0.05) is 12.1 Å². The average Bonchev–Trinajstić information content (AvgIpc) is 2.55. The lowest BCUT2D eigenvalue weighted by atomic mass is 10.1. The van der Waals surface area contributed by atoms with Crippen LogP contribution in [0.1, 0.15) is 5.56 Å². The monoisotopic (exact) mass is 287 g/mol. The normalized spacial score (nSPS) is 11.1.